The van der Waals surface area contributed by atoms with Gasteiger partial charge >= 0.3 is 0 Å². The number of fused-ring (bicyclic) bond motifs is 1. The average molecular weight is 310 g/mol. The van der Waals surface area contributed by atoms with Crippen molar-refractivity contribution in [3.05, 3.63) is 65.0 Å². The van der Waals surface area contributed by atoms with E-state index in [1.54, 1.807) is 25.1 Å². The molecule has 0 aliphatic carbocycles. The van der Waals surface area contributed by atoms with E-state index < -0.39 is 0 Å². The van der Waals surface area contributed by atoms with E-state index in [4.69, 9.17) is 0 Å². The molecule has 0 spiro atoms. The summed E-state index contributed by atoms with van der Waals surface area (Å²) in [5.74, 6) is -0.732. The van der Waals surface area contributed by atoms with Gasteiger partial charge in [0.2, 0.25) is 11.8 Å². The third-order valence-corrected chi connectivity index (χ3v) is 3.71. The normalized spacial score (nSPS) is 13.0. The summed E-state index contributed by atoms with van der Waals surface area (Å²) in [6.45, 7) is 1.61. The van der Waals surface area contributed by atoms with Gasteiger partial charge in [0.15, 0.2) is 0 Å². The Morgan fingerprint density at radius 3 is 2.96 bits per heavy atom. The number of anilines is 2. The van der Waals surface area contributed by atoms with Crippen LogP contribution in [-0.2, 0) is 16.0 Å². The molecule has 116 valence electrons. The molecule has 2 amide bonds. The van der Waals surface area contributed by atoms with Crippen molar-refractivity contribution >= 4 is 29.3 Å². The molecule has 1 heterocycles. The van der Waals surface area contributed by atoms with E-state index in [0.29, 0.717) is 17.7 Å². The third-order valence-electron chi connectivity index (χ3n) is 3.71. The van der Waals surface area contributed by atoms with Crippen molar-refractivity contribution in [1.29, 1.82) is 0 Å². The molecule has 2 aromatic rings. The standard InChI is InChI=1S/C18H15FN2O2/c1-11-14(19)3-2-4-15(11)20-17(22)8-6-12-5-7-13-10-18(23)21-16(13)9-12/h2-9H,10H2,1H3,(H,20,22)(H,21,23)/b8-6+. The molecule has 0 radical (unpaired) electrons. The highest BCUT2D eigenvalue weighted by Crippen LogP contribution is 2.24. The van der Waals surface area contributed by atoms with E-state index in [-0.39, 0.29) is 17.6 Å². The maximum atomic E-state index is 13.4. The molecule has 0 saturated carbocycles. The predicted molar refractivity (Wildman–Crippen MR) is 87.6 cm³/mol. The van der Waals surface area contributed by atoms with Crippen molar-refractivity contribution in [2.24, 2.45) is 0 Å². The van der Waals surface area contributed by atoms with E-state index in [9.17, 15) is 14.0 Å². The molecule has 1 aliphatic rings. The molecule has 0 bridgehead atoms. The zero-order chi connectivity index (χ0) is 16.4. The van der Waals surface area contributed by atoms with Gasteiger partial charge < -0.3 is 10.6 Å². The van der Waals surface area contributed by atoms with Crippen LogP contribution in [0, 0.1) is 12.7 Å². The van der Waals surface area contributed by atoms with Crippen LogP contribution in [0.5, 0.6) is 0 Å². The topological polar surface area (TPSA) is 58.2 Å². The van der Waals surface area contributed by atoms with Crippen LogP contribution in [0.25, 0.3) is 6.08 Å². The van der Waals surface area contributed by atoms with Gasteiger partial charge in [-0.2, -0.15) is 0 Å². The smallest absolute Gasteiger partial charge is 0.248 e. The van der Waals surface area contributed by atoms with Crippen LogP contribution in [0.1, 0.15) is 16.7 Å². The van der Waals surface area contributed by atoms with Gasteiger partial charge in [0, 0.05) is 23.0 Å². The Kier molecular flexibility index (Phi) is 3.93. The monoisotopic (exact) mass is 310 g/mol. The first-order valence-electron chi connectivity index (χ1n) is 7.20. The first-order chi connectivity index (χ1) is 11.0. The Morgan fingerprint density at radius 2 is 2.13 bits per heavy atom. The van der Waals surface area contributed by atoms with E-state index in [1.807, 2.05) is 18.2 Å². The zero-order valence-corrected chi connectivity index (χ0v) is 12.5. The Labute approximate surface area is 133 Å². The molecule has 0 atom stereocenters. The number of rotatable bonds is 3. The highest BCUT2D eigenvalue weighted by Gasteiger charge is 2.16. The molecular weight excluding hydrogens is 295 g/mol. The molecule has 0 saturated heterocycles. The van der Waals surface area contributed by atoms with Crippen LogP contribution in [0.3, 0.4) is 0 Å². The van der Waals surface area contributed by atoms with Crippen LogP contribution >= 0.6 is 0 Å². The minimum absolute atomic E-state index is 0.0274. The molecule has 0 aromatic heterocycles. The van der Waals surface area contributed by atoms with Crippen molar-refractivity contribution in [2.45, 2.75) is 13.3 Å². The van der Waals surface area contributed by atoms with Gasteiger partial charge in [-0.25, -0.2) is 4.39 Å². The van der Waals surface area contributed by atoms with Gasteiger partial charge in [-0.3, -0.25) is 9.59 Å². The Hall–Kier alpha value is -2.95. The van der Waals surface area contributed by atoms with Crippen molar-refractivity contribution in [3.8, 4) is 0 Å². The van der Waals surface area contributed by atoms with Crippen molar-refractivity contribution in [2.75, 3.05) is 10.6 Å². The van der Waals surface area contributed by atoms with Gasteiger partial charge in [-0.1, -0.05) is 18.2 Å². The van der Waals surface area contributed by atoms with Gasteiger partial charge in [-0.05, 0) is 42.3 Å². The molecule has 0 unspecified atom stereocenters. The molecule has 23 heavy (non-hydrogen) atoms. The lowest BCUT2D eigenvalue weighted by Gasteiger charge is -2.06. The first-order valence-corrected chi connectivity index (χ1v) is 7.20. The van der Waals surface area contributed by atoms with Gasteiger partial charge in [0.1, 0.15) is 5.82 Å². The lowest BCUT2D eigenvalue weighted by atomic mass is 10.1. The van der Waals surface area contributed by atoms with Crippen LogP contribution < -0.4 is 10.6 Å². The maximum absolute atomic E-state index is 13.4. The minimum atomic E-state index is -0.360. The van der Waals surface area contributed by atoms with Crippen molar-refractivity contribution in [1.82, 2.24) is 0 Å². The summed E-state index contributed by atoms with van der Waals surface area (Å²) in [7, 11) is 0. The summed E-state index contributed by atoms with van der Waals surface area (Å²) < 4.78 is 13.4. The molecule has 2 N–H and O–H groups in total. The van der Waals surface area contributed by atoms with Gasteiger partial charge in [-0.15, -0.1) is 0 Å². The van der Waals surface area contributed by atoms with E-state index in [0.717, 1.165) is 16.8 Å². The van der Waals surface area contributed by atoms with Crippen LogP contribution in [0.2, 0.25) is 0 Å². The Bertz CT molecular complexity index is 828. The fraction of sp³-hybridized carbons (Fsp3) is 0.111. The summed E-state index contributed by atoms with van der Waals surface area (Å²) in [5.41, 5.74) is 3.37. The van der Waals surface area contributed by atoms with E-state index in [2.05, 4.69) is 10.6 Å². The largest absolute Gasteiger partial charge is 0.326 e. The molecule has 2 aromatic carbocycles. The fourth-order valence-corrected chi connectivity index (χ4v) is 2.42. The second-order valence-corrected chi connectivity index (χ2v) is 5.38. The van der Waals surface area contributed by atoms with E-state index >= 15 is 0 Å². The maximum Gasteiger partial charge on any atom is 0.248 e. The summed E-state index contributed by atoms with van der Waals surface area (Å²) >= 11 is 0. The van der Waals surface area contributed by atoms with Crippen LogP contribution in [-0.4, -0.2) is 11.8 Å². The zero-order valence-electron chi connectivity index (χ0n) is 12.5. The Morgan fingerprint density at radius 1 is 1.30 bits per heavy atom. The number of nitrogens with one attached hydrogen (secondary N) is 2. The number of hydrogen-bond donors (Lipinski definition) is 2. The molecule has 5 heteroatoms. The molecule has 1 aliphatic heterocycles. The number of carbonyl (C=O) groups excluding carboxylic acids is 2. The quantitative estimate of drug-likeness (QED) is 0.855. The number of amides is 2. The van der Waals surface area contributed by atoms with Crippen molar-refractivity contribution < 1.29 is 14.0 Å². The predicted octanol–water partition coefficient (Wildman–Crippen LogP) is 3.28. The summed E-state index contributed by atoms with van der Waals surface area (Å²) in [6.07, 6.45) is 3.41. The molecule has 4 nitrogen and oxygen atoms in total. The average Bonchev–Trinajstić information content (AvgIpc) is 2.89. The second kappa shape index (κ2) is 6.04. The highest BCUT2D eigenvalue weighted by molar-refractivity contribution is 6.03. The lowest BCUT2D eigenvalue weighted by Crippen LogP contribution is -2.09. The first kappa shape index (κ1) is 15.0. The number of benzene rings is 2. The number of halogens is 1. The summed E-state index contributed by atoms with van der Waals surface area (Å²) in [4.78, 5) is 23.3. The number of carbonyl (C=O) groups is 2. The lowest BCUT2D eigenvalue weighted by molar-refractivity contribution is -0.115. The van der Waals surface area contributed by atoms with Crippen LogP contribution in [0.15, 0.2) is 42.5 Å². The van der Waals surface area contributed by atoms with Crippen LogP contribution in [0.4, 0.5) is 15.8 Å². The van der Waals surface area contributed by atoms with Gasteiger partial charge in [0.05, 0.1) is 6.42 Å². The van der Waals surface area contributed by atoms with Gasteiger partial charge in [0.25, 0.3) is 0 Å². The van der Waals surface area contributed by atoms with E-state index in [1.165, 1.54) is 12.1 Å². The Balaban J connectivity index is 1.71. The summed E-state index contributed by atoms with van der Waals surface area (Å²) in [5, 5.41) is 5.41. The highest BCUT2D eigenvalue weighted by atomic mass is 19.1. The van der Waals surface area contributed by atoms with Crippen molar-refractivity contribution in [3.63, 3.8) is 0 Å². The fourth-order valence-electron chi connectivity index (χ4n) is 2.42. The minimum Gasteiger partial charge on any atom is -0.326 e. The molecular formula is C18H15FN2O2. The third kappa shape index (κ3) is 3.29. The molecule has 3 rings (SSSR count). The number of hydrogen-bond acceptors (Lipinski definition) is 2. The summed E-state index contributed by atoms with van der Waals surface area (Å²) in [6, 6.07) is 10.1. The second-order valence-electron chi connectivity index (χ2n) is 5.38. The SMILES string of the molecule is Cc1c(F)cccc1NC(=O)/C=C/c1ccc2c(c1)NC(=O)C2. The molecule has 0 fully saturated rings.